The maximum Gasteiger partial charge on any atom is 0.244 e. The summed E-state index contributed by atoms with van der Waals surface area (Å²) in [6, 6.07) is 21.6. The normalized spacial score (nSPS) is 12.8. The number of benzene rings is 3. The maximum absolute atomic E-state index is 14.0. The van der Waals surface area contributed by atoms with Gasteiger partial charge in [0.1, 0.15) is 12.6 Å². The van der Waals surface area contributed by atoms with Crippen molar-refractivity contribution >= 4 is 50.7 Å². The van der Waals surface area contributed by atoms with Gasteiger partial charge in [0.15, 0.2) is 0 Å². The van der Waals surface area contributed by atoms with Crippen LogP contribution in [0.15, 0.2) is 78.9 Å². The second-order valence-corrected chi connectivity index (χ2v) is 12.1. The molecule has 39 heavy (non-hydrogen) atoms. The zero-order valence-corrected chi connectivity index (χ0v) is 24.5. The largest absolute Gasteiger partial charge is 0.352 e. The molecule has 0 spiro atoms. The molecule has 0 saturated carbocycles. The first-order chi connectivity index (χ1) is 18.5. The van der Waals surface area contributed by atoms with Crippen LogP contribution in [0.5, 0.6) is 0 Å². The Balaban J connectivity index is 2.07. The molecule has 0 fully saturated rings. The molecule has 3 rings (SSSR count). The van der Waals surface area contributed by atoms with E-state index in [9.17, 15) is 18.0 Å². The number of nitrogens with zero attached hydrogens (tertiary/aromatic N) is 2. The van der Waals surface area contributed by atoms with Gasteiger partial charge in [-0.3, -0.25) is 13.9 Å². The smallest absolute Gasteiger partial charge is 0.244 e. The summed E-state index contributed by atoms with van der Waals surface area (Å²) < 4.78 is 26.6. The van der Waals surface area contributed by atoms with E-state index in [0.717, 1.165) is 16.1 Å². The number of carbonyl (C=O) groups excluding carboxylic acids is 2. The second kappa shape index (κ2) is 13.8. The van der Waals surface area contributed by atoms with Crippen LogP contribution < -0.4 is 9.62 Å². The molecule has 1 N–H and O–H groups in total. The van der Waals surface area contributed by atoms with E-state index in [2.05, 4.69) is 5.32 Å². The molecule has 2 atom stereocenters. The van der Waals surface area contributed by atoms with Crippen molar-refractivity contribution in [2.45, 2.75) is 45.3 Å². The SMILES string of the molecule is CCC(C)NC(=O)C(Cc1ccccc1)N(Cc1ccc(Cl)cc1Cl)C(=O)CN(c1ccccc1)S(C)(=O)=O. The third kappa shape index (κ3) is 8.71. The zero-order valence-electron chi connectivity index (χ0n) is 22.2. The summed E-state index contributed by atoms with van der Waals surface area (Å²) in [5.74, 6) is -0.882. The zero-order chi connectivity index (χ0) is 28.6. The van der Waals surface area contributed by atoms with E-state index in [0.29, 0.717) is 27.7 Å². The molecule has 0 saturated heterocycles. The topological polar surface area (TPSA) is 86.8 Å². The Kier molecular flexibility index (Phi) is 10.8. The van der Waals surface area contributed by atoms with E-state index >= 15 is 0 Å². The Labute approximate surface area is 240 Å². The summed E-state index contributed by atoms with van der Waals surface area (Å²) in [4.78, 5) is 29.1. The first-order valence-electron chi connectivity index (χ1n) is 12.6. The molecule has 0 bridgehead atoms. The van der Waals surface area contributed by atoms with Gasteiger partial charge in [-0.05, 0) is 48.7 Å². The van der Waals surface area contributed by atoms with E-state index in [1.54, 1.807) is 48.5 Å². The quantitative estimate of drug-likeness (QED) is 0.310. The fraction of sp³-hybridized carbons (Fsp3) is 0.310. The number of para-hydroxylation sites is 1. The number of anilines is 1. The van der Waals surface area contributed by atoms with Gasteiger partial charge in [-0.1, -0.05) is 84.7 Å². The number of carbonyl (C=O) groups is 2. The first-order valence-corrected chi connectivity index (χ1v) is 15.2. The number of hydrogen-bond acceptors (Lipinski definition) is 4. The summed E-state index contributed by atoms with van der Waals surface area (Å²) in [6.45, 7) is 3.33. The number of halogens is 2. The number of amides is 2. The molecule has 7 nitrogen and oxygen atoms in total. The molecule has 208 valence electrons. The standard InChI is InChI=1S/C29H33Cl2N3O4S/c1-4-21(2)32-29(36)27(17-22-11-7-5-8-12-22)33(19-23-15-16-24(30)18-26(23)31)28(35)20-34(39(3,37)38)25-13-9-6-10-14-25/h5-16,18,21,27H,4,17,19-20H2,1-3H3,(H,32,36). The van der Waals surface area contributed by atoms with Gasteiger partial charge in [-0.25, -0.2) is 8.42 Å². The van der Waals surface area contributed by atoms with E-state index < -0.39 is 28.5 Å². The van der Waals surface area contributed by atoms with E-state index in [1.807, 2.05) is 44.2 Å². The fourth-order valence-electron chi connectivity index (χ4n) is 4.04. The van der Waals surface area contributed by atoms with Crippen LogP contribution in [0.25, 0.3) is 0 Å². The number of rotatable bonds is 12. The van der Waals surface area contributed by atoms with Crippen LogP contribution in [-0.2, 0) is 32.6 Å². The third-order valence-corrected chi connectivity index (χ3v) is 8.08. The van der Waals surface area contributed by atoms with Crippen molar-refractivity contribution in [2.75, 3.05) is 17.1 Å². The molecule has 0 heterocycles. The molecule has 0 radical (unpaired) electrons. The number of sulfonamides is 1. The summed E-state index contributed by atoms with van der Waals surface area (Å²) in [5.41, 5.74) is 1.78. The van der Waals surface area contributed by atoms with Gasteiger partial charge in [0.2, 0.25) is 21.8 Å². The van der Waals surface area contributed by atoms with E-state index in [4.69, 9.17) is 23.2 Å². The van der Waals surface area contributed by atoms with Gasteiger partial charge in [-0.15, -0.1) is 0 Å². The van der Waals surface area contributed by atoms with Gasteiger partial charge in [-0.2, -0.15) is 0 Å². The van der Waals surface area contributed by atoms with Crippen molar-refractivity contribution in [3.8, 4) is 0 Å². The highest BCUT2D eigenvalue weighted by Gasteiger charge is 2.33. The fourth-order valence-corrected chi connectivity index (χ4v) is 5.35. The minimum absolute atomic E-state index is 0.0212. The summed E-state index contributed by atoms with van der Waals surface area (Å²) in [6.07, 6.45) is 1.98. The lowest BCUT2D eigenvalue weighted by Gasteiger charge is -2.34. The third-order valence-electron chi connectivity index (χ3n) is 6.35. The average Bonchev–Trinajstić information content (AvgIpc) is 2.90. The lowest BCUT2D eigenvalue weighted by Crippen LogP contribution is -2.54. The van der Waals surface area contributed by atoms with Crippen molar-refractivity contribution in [3.63, 3.8) is 0 Å². The molecule has 0 aliphatic carbocycles. The summed E-state index contributed by atoms with van der Waals surface area (Å²) in [5, 5.41) is 3.76. The maximum atomic E-state index is 14.0. The van der Waals surface area contributed by atoms with Gasteiger partial charge in [0, 0.05) is 29.1 Å². The Morgan fingerprint density at radius 1 is 0.949 bits per heavy atom. The van der Waals surface area contributed by atoms with Crippen molar-refractivity contribution in [1.29, 1.82) is 0 Å². The van der Waals surface area contributed by atoms with Crippen LogP contribution in [0.4, 0.5) is 5.69 Å². The minimum atomic E-state index is -3.82. The van der Waals surface area contributed by atoms with Crippen molar-refractivity contribution < 1.29 is 18.0 Å². The molecule has 0 aliphatic heterocycles. The Morgan fingerprint density at radius 3 is 2.13 bits per heavy atom. The predicted octanol–water partition coefficient (Wildman–Crippen LogP) is 5.31. The summed E-state index contributed by atoms with van der Waals surface area (Å²) in [7, 11) is -3.82. The molecular formula is C29H33Cl2N3O4S. The minimum Gasteiger partial charge on any atom is -0.352 e. The lowest BCUT2D eigenvalue weighted by atomic mass is 10.0. The van der Waals surface area contributed by atoms with Gasteiger partial charge in [0.25, 0.3) is 0 Å². The molecule has 3 aromatic carbocycles. The monoisotopic (exact) mass is 589 g/mol. The molecule has 0 aromatic heterocycles. The average molecular weight is 591 g/mol. The molecule has 2 unspecified atom stereocenters. The summed E-state index contributed by atoms with van der Waals surface area (Å²) >= 11 is 12.6. The van der Waals surface area contributed by atoms with Gasteiger partial charge >= 0.3 is 0 Å². The second-order valence-electron chi connectivity index (χ2n) is 9.39. The Hall–Kier alpha value is -3.07. The van der Waals surface area contributed by atoms with Crippen LogP contribution in [0, 0.1) is 0 Å². The molecule has 0 aliphatic rings. The highest BCUT2D eigenvalue weighted by Crippen LogP contribution is 2.25. The van der Waals surface area contributed by atoms with Crippen molar-refractivity contribution in [3.05, 3.63) is 100 Å². The molecule has 3 aromatic rings. The number of nitrogens with one attached hydrogen (secondary N) is 1. The first kappa shape index (κ1) is 30.5. The lowest BCUT2D eigenvalue weighted by molar-refractivity contribution is -0.140. The molecule has 10 heteroatoms. The van der Waals surface area contributed by atoms with E-state index in [1.165, 1.54) is 4.90 Å². The Bertz CT molecular complexity index is 1370. The van der Waals surface area contributed by atoms with Crippen molar-refractivity contribution in [2.24, 2.45) is 0 Å². The van der Waals surface area contributed by atoms with E-state index in [-0.39, 0.29) is 24.9 Å². The highest BCUT2D eigenvalue weighted by atomic mass is 35.5. The van der Waals surface area contributed by atoms with Crippen LogP contribution >= 0.6 is 23.2 Å². The van der Waals surface area contributed by atoms with Crippen LogP contribution in [0.1, 0.15) is 31.4 Å². The highest BCUT2D eigenvalue weighted by molar-refractivity contribution is 7.92. The van der Waals surface area contributed by atoms with Crippen molar-refractivity contribution in [1.82, 2.24) is 10.2 Å². The van der Waals surface area contributed by atoms with Gasteiger partial charge in [0.05, 0.1) is 11.9 Å². The van der Waals surface area contributed by atoms with Gasteiger partial charge < -0.3 is 10.2 Å². The Morgan fingerprint density at radius 2 is 1.56 bits per heavy atom. The van der Waals surface area contributed by atoms with Crippen LogP contribution in [0.3, 0.4) is 0 Å². The van der Waals surface area contributed by atoms with Crippen LogP contribution in [0.2, 0.25) is 10.0 Å². The predicted molar refractivity (Wildman–Crippen MR) is 157 cm³/mol. The number of hydrogen-bond donors (Lipinski definition) is 1. The molecular weight excluding hydrogens is 557 g/mol. The van der Waals surface area contributed by atoms with Crippen LogP contribution in [-0.4, -0.2) is 50.0 Å². The molecule has 2 amide bonds.